The number of aryl methyl sites for hydroxylation is 2. The van der Waals surface area contributed by atoms with E-state index in [9.17, 15) is 9.59 Å². The van der Waals surface area contributed by atoms with E-state index in [1.165, 1.54) is 0 Å². The molecule has 1 fully saturated rings. The number of aromatic nitrogens is 1. The fourth-order valence-corrected chi connectivity index (χ4v) is 4.09. The predicted molar refractivity (Wildman–Crippen MR) is 118 cm³/mol. The van der Waals surface area contributed by atoms with Gasteiger partial charge in [-0.1, -0.05) is 30.3 Å². The minimum atomic E-state index is -0.415. The van der Waals surface area contributed by atoms with Crippen LogP contribution in [0.15, 0.2) is 48.7 Å². The van der Waals surface area contributed by atoms with Crippen molar-refractivity contribution in [3.05, 3.63) is 65.4 Å². The molecule has 5 heteroatoms. The van der Waals surface area contributed by atoms with E-state index in [1.54, 1.807) is 11.1 Å². The standard InChI is InChI=1S/C25H28N2O3/c1-18-10-11-19(2)23(16-18)30-15-14-27-17-21(20-8-4-5-9-22(20)27)24(28)25(29)26-12-6-3-7-13-26/h4-5,8-11,16-17H,3,6-7,12-15H2,1-2H3. The molecule has 0 unspecified atom stereocenters. The van der Waals surface area contributed by atoms with Crippen LogP contribution in [0.1, 0.15) is 40.7 Å². The lowest BCUT2D eigenvalue weighted by molar-refractivity contribution is -0.127. The molecule has 0 spiro atoms. The van der Waals surface area contributed by atoms with Crippen LogP contribution < -0.4 is 4.74 Å². The second-order valence-corrected chi connectivity index (χ2v) is 8.05. The van der Waals surface area contributed by atoms with Crippen LogP contribution in [-0.4, -0.2) is 40.9 Å². The van der Waals surface area contributed by atoms with Gasteiger partial charge in [0.1, 0.15) is 12.4 Å². The second-order valence-electron chi connectivity index (χ2n) is 8.05. The Kier molecular flexibility index (Phi) is 5.88. The Balaban J connectivity index is 1.54. The molecule has 5 nitrogen and oxygen atoms in total. The zero-order valence-corrected chi connectivity index (χ0v) is 17.7. The van der Waals surface area contributed by atoms with Crippen LogP contribution in [0.3, 0.4) is 0 Å². The molecule has 1 saturated heterocycles. The van der Waals surface area contributed by atoms with E-state index in [2.05, 4.69) is 12.1 Å². The van der Waals surface area contributed by atoms with Crippen molar-refractivity contribution in [2.75, 3.05) is 19.7 Å². The normalized spacial score (nSPS) is 14.1. The first-order chi connectivity index (χ1) is 14.5. The number of ketones is 1. The number of likely N-dealkylation sites (tertiary alicyclic amines) is 1. The summed E-state index contributed by atoms with van der Waals surface area (Å²) in [4.78, 5) is 27.5. The van der Waals surface area contributed by atoms with Crippen molar-refractivity contribution in [3.8, 4) is 5.75 Å². The highest BCUT2D eigenvalue weighted by Gasteiger charge is 2.27. The number of hydrogen-bond donors (Lipinski definition) is 0. The number of para-hydroxylation sites is 1. The maximum Gasteiger partial charge on any atom is 0.295 e. The van der Waals surface area contributed by atoms with Gasteiger partial charge >= 0.3 is 0 Å². The lowest BCUT2D eigenvalue weighted by Gasteiger charge is -2.25. The molecule has 30 heavy (non-hydrogen) atoms. The summed E-state index contributed by atoms with van der Waals surface area (Å²) in [7, 11) is 0. The van der Waals surface area contributed by atoms with Gasteiger partial charge in [-0.2, -0.15) is 0 Å². The average molecular weight is 405 g/mol. The molecule has 0 bridgehead atoms. The SMILES string of the molecule is Cc1ccc(C)c(OCCn2cc(C(=O)C(=O)N3CCCCC3)c3ccccc32)c1. The minimum Gasteiger partial charge on any atom is -0.491 e. The third-order valence-corrected chi connectivity index (χ3v) is 5.80. The largest absolute Gasteiger partial charge is 0.491 e. The number of piperidine rings is 1. The first-order valence-corrected chi connectivity index (χ1v) is 10.7. The summed E-state index contributed by atoms with van der Waals surface area (Å²) in [6, 6.07) is 13.9. The van der Waals surface area contributed by atoms with Gasteiger partial charge in [-0.25, -0.2) is 0 Å². The molecule has 0 N–H and O–H groups in total. The molecule has 1 aliphatic rings. The van der Waals surface area contributed by atoms with Crippen molar-refractivity contribution >= 4 is 22.6 Å². The summed E-state index contributed by atoms with van der Waals surface area (Å²) >= 11 is 0. The van der Waals surface area contributed by atoms with E-state index >= 15 is 0 Å². The van der Waals surface area contributed by atoms with Crippen molar-refractivity contribution in [1.29, 1.82) is 0 Å². The van der Waals surface area contributed by atoms with Crippen molar-refractivity contribution < 1.29 is 14.3 Å². The molecule has 1 aromatic heterocycles. The number of ether oxygens (including phenoxy) is 1. The van der Waals surface area contributed by atoms with Gasteiger partial charge in [0.05, 0.1) is 12.1 Å². The molecule has 4 rings (SSSR count). The molecule has 156 valence electrons. The van der Waals surface area contributed by atoms with Crippen LogP contribution in [0.5, 0.6) is 5.75 Å². The Morgan fingerprint density at radius 3 is 2.57 bits per heavy atom. The Morgan fingerprint density at radius 2 is 1.77 bits per heavy atom. The number of hydrogen-bond acceptors (Lipinski definition) is 3. The van der Waals surface area contributed by atoms with Crippen molar-refractivity contribution in [2.24, 2.45) is 0 Å². The van der Waals surface area contributed by atoms with E-state index in [0.29, 0.717) is 31.8 Å². The fraction of sp³-hybridized carbons (Fsp3) is 0.360. The topological polar surface area (TPSA) is 51.5 Å². The summed E-state index contributed by atoms with van der Waals surface area (Å²) in [5, 5.41) is 0.819. The molecular weight excluding hydrogens is 376 g/mol. The minimum absolute atomic E-state index is 0.385. The number of benzene rings is 2. The number of fused-ring (bicyclic) bond motifs is 1. The van der Waals surface area contributed by atoms with Crippen LogP contribution in [0.25, 0.3) is 10.9 Å². The lowest BCUT2D eigenvalue weighted by atomic mass is 10.1. The second kappa shape index (κ2) is 8.74. The molecule has 0 saturated carbocycles. The van der Waals surface area contributed by atoms with Crippen molar-refractivity contribution in [2.45, 2.75) is 39.7 Å². The van der Waals surface area contributed by atoms with Crippen molar-refractivity contribution in [1.82, 2.24) is 9.47 Å². The summed E-state index contributed by atoms with van der Waals surface area (Å²) in [6.45, 7) is 6.50. The van der Waals surface area contributed by atoms with E-state index in [0.717, 1.165) is 47.0 Å². The quantitative estimate of drug-likeness (QED) is 0.448. The van der Waals surface area contributed by atoms with E-state index in [4.69, 9.17) is 4.74 Å². The third kappa shape index (κ3) is 4.11. The molecule has 0 radical (unpaired) electrons. The van der Waals surface area contributed by atoms with Gasteiger partial charge in [-0.05, 0) is 56.4 Å². The molecule has 0 atom stereocenters. The van der Waals surface area contributed by atoms with Crippen LogP contribution in [0.2, 0.25) is 0 Å². The Labute approximate surface area is 177 Å². The van der Waals surface area contributed by atoms with Gasteiger partial charge in [-0.15, -0.1) is 0 Å². The fourth-order valence-electron chi connectivity index (χ4n) is 4.09. The zero-order valence-electron chi connectivity index (χ0n) is 17.7. The smallest absolute Gasteiger partial charge is 0.295 e. The molecular formula is C25H28N2O3. The van der Waals surface area contributed by atoms with Gasteiger partial charge in [0, 0.05) is 30.2 Å². The third-order valence-electron chi connectivity index (χ3n) is 5.80. The number of nitrogens with zero attached hydrogens (tertiary/aromatic N) is 2. The van der Waals surface area contributed by atoms with Gasteiger partial charge in [-0.3, -0.25) is 9.59 Å². The molecule has 2 heterocycles. The Bertz CT molecular complexity index is 1080. The molecule has 2 aromatic carbocycles. The van der Waals surface area contributed by atoms with Crippen LogP contribution in [-0.2, 0) is 11.3 Å². The number of amides is 1. The molecule has 0 aliphatic carbocycles. The highest BCUT2D eigenvalue weighted by molar-refractivity contribution is 6.44. The van der Waals surface area contributed by atoms with Gasteiger partial charge in [0.15, 0.2) is 0 Å². The Morgan fingerprint density at radius 1 is 1.00 bits per heavy atom. The summed E-state index contributed by atoms with van der Waals surface area (Å²) in [6.07, 6.45) is 4.87. The zero-order chi connectivity index (χ0) is 21.1. The van der Waals surface area contributed by atoms with Gasteiger partial charge in [0.2, 0.25) is 0 Å². The monoisotopic (exact) mass is 404 g/mol. The first-order valence-electron chi connectivity index (χ1n) is 10.7. The number of carbonyl (C=O) groups excluding carboxylic acids is 2. The van der Waals surface area contributed by atoms with Crippen molar-refractivity contribution in [3.63, 3.8) is 0 Å². The highest BCUT2D eigenvalue weighted by Crippen LogP contribution is 2.24. The number of Topliss-reactive ketones (excluding diaryl/α,β-unsaturated/α-hetero) is 1. The summed E-state index contributed by atoms with van der Waals surface area (Å²) in [5.74, 6) is 0.0783. The van der Waals surface area contributed by atoms with Crippen LogP contribution in [0.4, 0.5) is 0 Å². The van der Waals surface area contributed by atoms with E-state index in [-0.39, 0.29) is 5.91 Å². The summed E-state index contributed by atoms with van der Waals surface area (Å²) in [5.41, 5.74) is 3.68. The van der Waals surface area contributed by atoms with Gasteiger partial charge in [0.25, 0.3) is 11.7 Å². The summed E-state index contributed by atoms with van der Waals surface area (Å²) < 4.78 is 8.01. The maximum atomic E-state index is 13.0. The number of rotatable bonds is 6. The van der Waals surface area contributed by atoms with E-state index in [1.807, 2.05) is 48.7 Å². The average Bonchev–Trinajstić information content (AvgIpc) is 3.14. The maximum absolute atomic E-state index is 13.0. The van der Waals surface area contributed by atoms with E-state index < -0.39 is 5.78 Å². The molecule has 1 aliphatic heterocycles. The lowest BCUT2D eigenvalue weighted by Crippen LogP contribution is -2.40. The Hall–Kier alpha value is -3.08. The first kappa shape index (κ1) is 20.2. The van der Waals surface area contributed by atoms with Crippen LogP contribution in [0, 0.1) is 13.8 Å². The molecule has 1 amide bonds. The highest BCUT2D eigenvalue weighted by atomic mass is 16.5. The van der Waals surface area contributed by atoms with Crippen LogP contribution >= 0.6 is 0 Å². The van der Waals surface area contributed by atoms with Gasteiger partial charge < -0.3 is 14.2 Å². The number of carbonyl (C=O) groups is 2. The molecule has 3 aromatic rings. The predicted octanol–water partition coefficient (Wildman–Crippen LogP) is 4.53.